The van der Waals surface area contributed by atoms with Gasteiger partial charge in [-0.2, -0.15) is 0 Å². The van der Waals surface area contributed by atoms with Gasteiger partial charge in [-0.15, -0.1) is 0 Å². The monoisotopic (exact) mass is 373 g/mol. The molecule has 1 aliphatic rings. The number of rotatable bonds is 4. The number of anilines is 1. The average molecular weight is 374 g/mol. The van der Waals surface area contributed by atoms with Gasteiger partial charge in [0, 0.05) is 15.7 Å². The van der Waals surface area contributed by atoms with E-state index < -0.39 is 8.32 Å². The van der Waals surface area contributed by atoms with Gasteiger partial charge < -0.3 is 9.74 Å². The maximum atomic E-state index is 6.70. The van der Waals surface area contributed by atoms with Crippen molar-refractivity contribution in [2.24, 2.45) is 0 Å². The highest BCUT2D eigenvalue weighted by Gasteiger charge is 2.41. The number of nitrogens with one attached hydrogen (secondary N) is 1. The van der Waals surface area contributed by atoms with Gasteiger partial charge in [0.05, 0.1) is 12.1 Å². The zero-order chi connectivity index (χ0) is 17.3. The van der Waals surface area contributed by atoms with Crippen molar-refractivity contribution in [3.8, 4) is 0 Å². The van der Waals surface area contributed by atoms with Gasteiger partial charge in [0.15, 0.2) is 8.32 Å². The van der Waals surface area contributed by atoms with Crippen molar-refractivity contribution in [3.05, 3.63) is 28.2 Å². The molecule has 1 aliphatic carbocycles. The van der Waals surface area contributed by atoms with Crippen LogP contribution in [0.5, 0.6) is 0 Å². The summed E-state index contributed by atoms with van der Waals surface area (Å²) in [4.78, 5) is 0. The average Bonchev–Trinajstić information content (AvgIpc) is 2.38. The first kappa shape index (κ1) is 19.1. The molecule has 0 heterocycles. The summed E-state index contributed by atoms with van der Waals surface area (Å²) in [5.41, 5.74) is 0.984. The number of benzene rings is 1. The number of hydrogen-bond donors (Lipinski definition) is 1. The Morgan fingerprint density at radius 2 is 1.61 bits per heavy atom. The van der Waals surface area contributed by atoms with Crippen LogP contribution in [0.15, 0.2) is 18.2 Å². The van der Waals surface area contributed by atoms with E-state index in [-0.39, 0.29) is 11.1 Å². The summed E-state index contributed by atoms with van der Waals surface area (Å²) in [5.74, 6) is 0. The second-order valence-electron chi connectivity index (χ2n) is 8.11. The highest BCUT2D eigenvalue weighted by atomic mass is 35.5. The van der Waals surface area contributed by atoms with Crippen LogP contribution in [0.25, 0.3) is 0 Å². The standard InChI is InChI=1S/C18H29Cl2NOSi/c1-18(2,3)23(4,5)22-17-9-7-6-8-16(17)21-15-11-13(19)10-14(20)12-15/h10-12,16-17,21H,6-9H2,1-5H3/t16-,17-/m1/s1. The molecular weight excluding hydrogens is 345 g/mol. The molecule has 0 radical (unpaired) electrons. The zero-order valence-electron chi connectivity index (χ0n) is 14.9. The summed E-state index contributed by atoms with van der Waals surface area (Å²) in [6.45, 7) is 11.5. The Morgan fingerprint density at radius 3 is 2.17 bits per heavy atom. The van der Waals surface area contributed by atoms with Crippen molar-refractivity contribution in [1.82, 2.24) is 0 Å². The van der Waals surface area contributed by atoms with Gasteiger partial charge >= 0.3 is 0 Å². The SMILES string of the molecule is CC(C)(C)[Si](C)(C)O[C@@H]1CCCC[C@H]1Nc1cc(Cl)cc(Cl)c1. The molecule has 0 spiro atoms. The molecule has 0 amide bonds. The van der Waals surface area contributed by atoms with Gasteiger partial charge in [0.25, 0.3) is 0 Å². The predicted molar refractivity (Wildman–Crippen MR) is 104 cm³/mol. The molecule has 130 valence electrons. The Morgan fingerprint density at radius 1 is 1.04 bits per heavy atom. The van der Waals surface area contributed by atoms with Gasteiger partial charge in [-0.25, -0.2) is 0 Å². The molecule has 0 saturated heterocycles. The van der Waals surface area contributed by atoms with Crippen LogP contribution in [0.2, 0.25) is 28.2 Å². The van der Waals surface area contributed by atoms with Crippen LogP contribution in [0, 0.1) is 0 Å². The quantitative estimate of drug-likeness (QED) is 0.589. The van der Waals surface area contributed by atoms with Crippen molar-refractivity contribution < 1.29 is 4.43 Å². The molecule has 2 nitrogen and oxygen atoms in total. The fourth-order valence-electron chi connectivity index (χ4n) is 2.81. The van der Waals surface area contributed by atoms with Gasteiger partial charge in [-0.3, -0.25) is 0 Å². The maximum Gasteiger partial charge on any atom is 0.192 e. The minimum atomic E-state index is -1.77. The van der Waals surface area contributed by atoms with Gasteiger partial charge in [-0.05, 0) is 49.2 Å². The Balaban J connectivity index is 2.12. The molecule has 23 heavy (non-hydrogen) atoms. The summed E-state index contributed by atoms with van der Waals surface area (Å²) < 4.78 is 6.70. The highest BCUT2D eigenvalue weighted by Crippen LogP contribution is 2.39. The summed E-state index contributed by atoms with van der Waals surface area (Å²) >= 11 is 12.2. The van der Waals surface area contributed by atoms with E-state index in [1.807, 2.05) is 12.1 Å². The Kier molecular flexibility index (Phi) is 6.10. The van der Waals surface area contributed by atoms with Gasteiger partial charge in [0.1, 0.15) is 0 Å². The van der Waals surface area contributed by atoms with Crippen LogP contribution in [-0.4, -0.2) is 20.5 Å². The summed E-state index contributed by atoms with van der Waals surface area (Å²) in [5, 5.41) is 5.17. The highest BCUT2D eigenvalue weighted by molar-refractivity contribution is 6.74. The van der Waals surface area contributed by atoms with E-state index in [0.717, 1.165) is 18.5 Å². The second-order valence-corrected chi connectivity index (χ2v) is 13.7. The molecule has 0 aliphatic heterocycles. The molecule has 1 aromatic carbocycles. The van der Waals surface area contributed by atoms with E-state index in [1.165, 1.54) is 12.8 Å². The molecule has 1 fully saturated rings. The van der Waals surface area contributed by atoms with Crippen molar-refractivity contribution in [2.75, 3.05) is 5.32 Å². The smallest absolute Gasteiger partial charge is 0.192 e. The topological polar surface area (TPSA) is 21.3 Å². The minimum Gasteiger partial charge on any atom is -0.412 e. The number of halogens is 2. The van der Waals surface area contributed by atoms with Crippen LogP contribution in [0.4, 0.5) is 5.69 Å². The molecule has 5 heteroatoms. The van der Waals surface area contributed by atoms with Crippen molar-refractivity contribution in [1.29, 1.82) is 0 Å². The summed E-state index contributed by atoms with van der Waals surface area (Å²) in [7, 11) is -1.77. The van der Waals surface area contributed by atoms with E-state index in [0.29, 0.717) is 16.1 Å². The first-order chi connectivity index (χ1) is 10.6. The van der Waals surface area contributed by atoms with Crippen molar-refractivity contribution in [2.45, 2.75) is 76.7 Å². The lowest BCUT2D eigenvalue weighted by atomic mass is 9.92. The van der Waals surface area contributed by atoms with Gasteiger partial charge in [0.2, 0.25) is 0 Å². The molecule has 0 bridgehead atoms. The normalized spacial score (nSPS) is 22.9. The van der Waals surface area contributed by atoms with Crippen LogP contribution in [0.1, 0.15) is 46.5 Å². The lowest BCUT2D eigenvalue weighted by Gasteiger charge is -2.43. The maximum absolute atomic E-state index is 6.70. The van der Waals surface area contributed by atoms with Crippen LogP contribution in [0.3, 0.4) is 0 Å². The van der Waals surface area contributed by atoms with Crippen molar-refractivity contribution >= 4 is 37.2 Å². The van der Waals surface area contributed by atoms with E-state index in [9.17, 15) is 0 Å². The third-order valence-electron chi connectivity index (χ3n) is 5.17. The van der Waals surface area contributed by atoms with Gasteiger partial charge in [-0.1, -0.05) is 56.8 Å². The lowest BCUT2D eigenvalue weighted by Crippen LogP contribution is -2.49. The Bertz CT molecular complexity index is 522. The predicted octanol–water partition coefficient (Wildman–Crippen LogP) is 6.74. The van der Waals surface area contributed by atoms with Crippen LogP contribution in [-0.2, 0) is 4.43 Å². The molecule has 0 aromatic heterocycles. The fraction of sp³-hybridized carbons (Fsp3) is 0.667. The van der Waals surface area contributed by atoms with E-state index >= 15 is 0 Å². The summed E-state index contributed by atoms with van der Waals surface area (Å²) in [6, 6.07) is 5.96. The third-order valence-corrected chi connectivity index (χ3v) is 10.1. The van der Waals surface area contributed by atoms with E-state index in [4.69, 9.17) is 27.6 Å². The van der Waals surface area contributed by atoms with Crippen LogP contribution < -0.4 is 5.32 Å². The lowest BCUT2D eigenvalue weighted by molar-refractivity contribution is 0.124. The minimum absolute atomic E-state index is 0.231. The Labute approximate surface area is 152 Å². The summed E-state index contributed by atoms with van der Waals surface area (Å²) in [6.07, 6.45) is 5.00. The Hall–Kier alpha value is -0.223. The largest absolute Gasteiger partial charge is 0.412 e. The first-order valence-electron chi connectivity index (χ1n) is 8.49. The molecule has 2 rings (SSSR count). The molecule has 1 aromatic rings. The fourth-order valence-corrected chi connectivity index (χ4v) is 4.73. The molecule has 2 atom stereocenters. The molecule has 1 N–H and O–H groups in total. The van der Waals surface area contributed by atoms with E-state index in [1.54, 1.807) is 6.07 Å². The molecular formula is C18H29Cl2NOSi. The van der Waals surface area contributed by atoms with E-state index in [2.05, 4.69) is 39.2 Å². The molecule has 1 saturated carbocycles. The molecule has 0 unspecified atom stereocenters. The number of hydrogen-bond acceptors (Lipinski definition) is 2. The van der Waals surface area contributed by atoms with Crippen molar-refractivity contribution in [3.63, 3.8) is 0 Å². The zero-order valence-corrected chi connectivity index (χ0v) is 17.4. The first-order valence-corrected chi connectivity index (χ1v) is 12.2. The second kappa shape index (κ2) is 7.34. The van der Waals surface area contributed by atoms with Crippen LogP contribution >= 0.6 is 23.2 Å². The third kappa shape index (κ3) is 5.12.